The predicted molar refractivity (Wildman–Crippen MR) is 82.7 cm³/mol. The maximum absolute atomic E-state index is 12.5. The van der Waals surface area contributed by atoms with Gasteiger partial charge in [0, 0.05) is 13.0 Å². The van der Waals surface area contributed by atoms with Crippen molar-refractivity contribution in [3.63, 3.8) is 0 Å². The molecule has 2 aliphatic rings. The molecule has 106 valence electrons. The molecule has 1 saturated heterocycles. The highest BCUT2D eigenvalue weighted by Gasteiger charge is 2.49. The van der Waals surface area contributed by atoms with Gasteiger partial charge < -0.3 is 4.90 Å². The van der Waals surface area contributed by atoms with Gasteiger partial charge in [0.2, 0.25) is 5.91 Å². The Hall–Kier alpha value is -2.09. The molecule has 1 spiro atoms. The minimum Gasteiger partial charge on any atom is -0.329 e. The minimum absolute atomic E-state index is 0.0521. The molecule has 2 aromatic carbocycles. The van der Waals surface area contributed by atoms with Crippen LogP contribution in [0.5, 0.6) is 0 Å². The molecular weight excluding hydrogens is 258 g/mol. The summed E-state index contributed by atoms with van der Waals surface area (Å²) in [4.78, 5) is 14.6. The monoisotopic (exact) mass is 277 g/mol. The van der Waals surface area contributed by atoms with Crippen molar-refractivity contribution < 1.29 is 4.79 Å². The van der Waals surface area contributed by atoms with Gasteiger partial charge in [0.05, 0.1) is 5.54 Å². The second kappa shape index (κ2) is 4.73. The van der Waals surface area contributed by atoms with Crippen LogP contribution in [0.1, 0.15) is 36.0 Å². The molecule has 2 heteroatoms. The van der Waals surface area contributed by atoms with Gasteiger partial charge in [-0.2, -0.15) is 0 Å². The summed E-state index contributed by atoms with van der Waals surface area (Å²) in [5.41, 5.74) is 3.97. The van der Waals surface area contributed by atoms with Crippen molar-refractivity contribution in [3.8, 4) is 0 Å². The molecule has 21 heavy (non-hydrogen) atoms. The van der Waals surface area contributed by atoms with Gasteiger partial charge in [-0.1, -0.05) is 54.6 Å². The van der Waals surface area contributed by atoms with E-state index in [2.05, 4.69) is 41.3 Å². The largest absolute Gasteiger partial charge is 0.329 e. The highest BCUT2D eigenvalue weighted by atomic mass is 16.2. The third kappa shape index (κ3) is 1.90. The van der Waals surface area contributed by atoms with Crippen LogP contribution in [0.4, 0.5) is 0 Å². The fourth-order valence-corrected chi connectivity index (χ4v) is 4.04. The lowest BCUT2D eigenvalue weighted by Gasteiger charge is -2.36. The SMILES string of the molecule is O=C1CCC2(CCc3ccccc32)N1Cc1ccccc1. The first kappa shape index (κ1) is 12.6. The number of rotatable bonds is 2. The highest BCUT2D eigenvalue weighted by Crippen LogP contribution is 2.49. The van der Waals surface area contributed by atoms with Gasteiger partial charge in [-0.3, -0.25) is 4.79 Å². The van der Waals surface area contributed by atoms with E-state index in [9.17, 15) is 4.79 Å². The molecule has 1 fully saturated rings. The Labute approximate surface area is 125 Å². The van der Waals surface area contributed by atoms with Crippen LogP contribution in [0, 0.1) is 0 Å². The summed E-state index contributed by atoms with van der Waals surface area (Å²) in [6.45, 7) is 0.730. The van der Waals surface area contributed by atoms with E-state index in [1.165, 1.54) is 16.7 Å². The fraction of sp³-hybridized carbons (Fsp3) is 0.316. The van der Waals surface area contributed by atoms with Crippen molar-refractivity contribution in [2.24, 2.45) is 0 Å². The molecule has 0 radical (unpaired) electrons. The molecule has 2 nitrogen and oxygen atoms in total. The molecule has 1 heterocycles. The first-order chi connectivity index (χ1) is 10.3. The molecule has 1 amide bonds. The van der Waals surface area contributed by atoms with Crippen molar-refractivity contribution >= 4 is 5.91 Å². The van der Waals surface area contributed by atoms with Crippen molar-refractivity contribution in [3.05, 3.63) is 71.3 Å². The zero-order valence-electron chi connectivity index (χ0n) is 12.1. The van der Waals surface area contributed by atoms with Crippen LogP contribution >= 0.6 is 0 Å². The number of nitrogens with zero attached hydrogens (tertiary/aromatic N) is 1. The van der Waals surface area contributed by atoms with Crippen molar-refractivity contribution in [1.82, 2.24) is 4.90 Å². The molecule has 2 aromatic rings. The number of likely N-dealkylation sites (tertiary alicyclic amines) is 1. The quantitative estimate of drug-likeness (QED) is 0.820. The Kier molecular flexibility index (Phi) is 2.85. The summed E-state index contributed by atoms with van der Waals surface area (Å²) in [7, 11) is 0. The number of amides is 1. The second-order valence-corrected chi connectivity index (χ2v) is 6.15. The van der Waals surface area contributed by atoms with E-state index >= 15 is 0 Å². The summed E-state index contributed by atoms with van der Waals surface area (Å²) in [6.07, 6.45) is 3.82. The zero-order valence-corrected chi connectivity index (χ0v) is 12.1. The molecule has 1 aliphatic carbocycles. The summed E-state index contributed by atoms with van der Waals surface area (Å²) in [6, 6.07) is 19.0. The summed E-state index contributed by atoms with van der Waals surface area (Å²) in [5, 5.41) is 0. The average molecular weight is 277 g/mol. The van der Waals surface area contributed by atoms with E-state index < -0.39 is 0 Å². The Bertz CT molecular complexity index is 679. The number of benzene rings is 2. The molecule has 1 unspecified atom stereocenters. The van der Waals surface area contributed by atoms with E-state index in [4.69, 9.17) is 0 Å². The van der Waals surface area contributed by atoms with Gasteiger partial charge in [-0.25, -0.2) is 0 Å². The Morgan fingerprint density at radius 3 is 2.48 bits per heavy atom. The average Bonchev–Trinajstić information content (AvgIpc) is 3.06. The lowest BCUT2D eigenvalue weighted by atomic mass is 9.88. The van der Waals surface area contributed by atoms with E-state index in [1.807, 2.05) is 18.2 Å². The molecule has 1 atom stereocenters. The van der Waals surface area contributed by atoms with Crippen molar-refractivity contribution in [2.75, 3.05) is 0 Å². The normalized spacial score (nSPS) is 23.8. The Morgan fingerprint density at radius 1 is 0.905 bits per heavy atom. The molecule has 1 aliphatic heterocycles. The van der Waals surface area contributed by atoms with Gasteiger partial charge >= 0.3 is 0 Å². The van der Waals surface area contributed by atoms with Gasteiger partial charge in [0.15, 0.2) is 0 Å². The number of aryl methyl sites for hydroxylation is 1. The minimum atomic E-state index is -0.0521. The topological polar surface area (TPSA) is 20.3 Å². The smallest absolute Gasteiger partial charge is 0.223 e. The summed E-state index contributed by atoms with van der Waals surface area (Å²) in [5.74, 6) is 0.301. The third-order valence-electron chi connectivity index (χ3n) is 5.08. The molecular formula is C19H19NO. The van der Waals surface area contributed by atoms with E-state index in [1.54, 1.807) is 0 Å². The second-order valence-electron chi connectivity index (χ2n) is 6.15. The highest BCUT2D eigenvalue weighted by molar-refractivity contribution is 5.80. The standard InChI is InChI=1S/C19H19NO/c21-18-11-13-19(12-10-16-8-4-5-9-17(16)19)20(18)14-15-6-2-1-3-7-15/h1-9H,10-14H2. The van der Waals surface area contributed by atoms with Crippen molar-refractivity contribution in [2.45, 2.75) is 37.8 Å². The lowest BCUT2D eigenvalue weighted by Crippen LogP contribution is -2.41. The summed E-state index contributed by atoms with van der Waals surface area (Å²) < 4.78 is 0. The van der Waals surface area contributed by atoms with Gasteiger partial charge in [0.25, 0.3) is 0 Å². The van der Waals surface area contributed by atoms with Crippen LogP contribution in [0.3, 0.4) is 0 Å². The van der Waals surface area contributed by atoms with Crippen LogP contribution in [-0.2, 0) is 23.3 Å². The van der Waals surface area contributed by atoms with Gasteiger partial charge in [-0.05, 0) is 36.0 Å². The maximum Gasteiger partial charge on any atom is 0.223 e. The molecule has 0 bridgehead atoms. The van der Waals surface area contributed by atoms with Crippen LogP contribution < -0.4 is 0 Å². The van der Waals surface area contributed by atoms with Gasteiger partial charge in [-0.15, -0.1) is 0 Å². The fourth-order valence-electron chi connectivity index (χ4n) is 4.04. The number of carbonyl (C=O) groups is 1. The first-order valence-electron chi connectivity index (χ1n) is 7.72. The molecule has 4 rings (SSSR count). The third-order valence-corrected chi connectivity index (χ3v) is 5.08. The number of hydrogen-bond acceptors (Lipinski definition) is 1. The van der Waals surface area contributed by atoms with Crippen LogP contribution in [-0.4, -0.2) is 10.8 Å². The van der Waals surface area contributed by atoms with Crippen LogP contribution in [0.15, 0.2) is 54.6 Å². The molecule has 0 aromatic heterocycles. The van der Waals surface area contributed by atoms with Crippen LogP contribution in [0.2, 0.25) is 0 Å². The number of hydrogen-bond donors (Lipinski definition) is 0. The van der Waals surface area contributed by atoms with E-state index in [0.717, 1.165) is 25.8 Å². The summed E-state index contributed by atoms with van der Waals surface area (Å²) >= 11 is 0. The Morgan fingerprint density at radius 2 is 1.62 bits per heavy atom. The van der Waals surface area contributed by atoms with E-state index in [0.29, 0.717) is 12.3 Å². The molecule has 0 saturated carbocycles. The zero-order chi connectivity index (χ0) is 14.3. The lowest BCUT2D eigenvalue weighted by molar-refractivity contribution is -0.132. The van der Waals surface area contributed by atoms with E-state index in [-0.39, 0.29) is 5.54 Å². The van der Waals surface area contributed by atoms with Crippen LogP contribution in [0.25, 0.3) is 0 Å². The van der Waals surface area contributed by atoms with Gasteiger partial charge in [0.1, 0.15) is 0 Å². The number of carbonyl (C=O) groups excluding carboxylic acids is 1. The maximum atomic E-state index is 12.5. The molecule has 0 N–H and O–H groups in total. The van der Waals surface area contributed by atoms with Crippen molar-refractivity contribution in [1.29, 1.82) is 0 Å². The predicted octanol–water partition coefficient (Wildman–Crippen LogP) is 3.65. The Balaban J connectivity index is 1.74. The first-order valence-corrected chi connectivity index (χ1v) is 7.72. The number of fused-ring (bicyclic) bond motifs is 2.